The fraction of sp³-hybridized carbons (Fsp3) is 0.867. The number of rotatable bonds is 7. The Balaban J connectivity index is 1.84. The monoisotopic (exact) mass is 297 g/mol. The molecule has 1 aliphatic heterocycles. The van der Waals surface area contributed by atoms with E-state index in [-0.39, 0.29) is 11.8 Å². The molecule has 2 fully saturated rings. The average Bonchev–Trinajstić information content (AvgIpc) is 3.29. The summed E-state index contributed by atoms with van der Waals surface area (Å²) in [5.74, 6) is 0.428. The van der Waals surface area contributed by atoms with Gasteiger partial charge in [0.1, 0.15) is 6.04 Å². The van der Waals surface area contributed by atoms with Crippen LogP contribution in [-0.4, -0.2) is 55.1 Å². The van der Waals surface area contributed by atoms with E-state index in [9.17, 15) is 9.59 Å². The van der Waals surface area contributed by atoms with E-state index in [1.165, 1.54) is 0 Å². The quantitative estimate of drug-likeness (QED) is 0.706. The highest BCUT2D eigenvalue weighted by atomic mass is 16.5. The van der Waals surface area contributed by atoms with Gasteiger partial charge in [0.25, 0.3) is 0 Å². The lowest BCUT2D eigenvalue weighted by Gasteiger charge is -2.35. The Morgan fingerprint density at radius 3 is 2.81 bits per heavy atom. The molecule has 3 N–H and O–H groups in total. The van der Waals surface area contributed by atoms with Gasteiger partial charge in [-0.15, -0.1) is 0 Å². The number of nitrogens with two attached hydrogens (primary N) is 1. The lowest BCUT2D eigenvalue weighted by molar-refractivity contribution is -0.148. The van der Waals surface area contributed by atoms with Crippen molar-refractivity contribution >= 4 is 11.8 Å². The van der Waals surface area contributed by atoms with Crippen LogP contribution in [0.4, 0.5) is 0 Å². The van der Waals surface area contributed by atoms with Crippen molar-refractivity contribution in [2.75, 3.05) is 26.3 Å². The number of hydrogen-bond donors (Lipinski definition) is 2. The van der Waals surface area contributed by atoms with Crippen molar-refractivity contribution in [2.24, 2.45) is 11.7 Å². The van der Waals surface area contributed by atoms with Crippen molar-refractivity contribution in [2.45, 2.75) is 51.1 Å². The summed E-state index contributed by atoms with van der Waals surface area (Å²) in [5.41, 5.74) is 5.53. The molecule has 2 atom stereocenters. The number of nitrogens with one attached hydrogen (secondary N) is 1. The molecule has 2 unspecified atom stereocenters. The smallest absolute Gasteiger partial charge is 0.245 e. The largest absolute Gasteiger partial charge is 0.377 e. The van der Waals surface area contributed by atoms with Gasteiger partial charge in [-0.1, -0.05) is 6.92 Å². The first kappa shape index (κ1) is 16.2. The number of hydrogen-bond acceptors (Lipinski definition) is 4. The first-order chi connectivity index (χ1) is 10.1. The minimum absolute atomic E-state index is 0.0538. The van der Waals surface area contributed by atoms with E-state index in [4.69, 9.17) is 10.5 Å². The fourth-order valence-corrected chi connectivity index (χ4v) is 2.59. The number of ether oxygens (including phenoxy) is 1. The van der Waals surface area contributed by atoms with Crippen LogP contribution in [0.1, 0.15) is 39.0 Å². The third-order valence-electron chi connectivity index (χ3n) is 4.19. The highest BCUT2D eigenvalue weighted by Crippen LogP contribution is 2.20. The molecule has 6 heteroatoms. The van der Waals surface area contributed by atoms with Gasteiger partial charge in [-0.25, -0.2) is 0 Å². The fourth-order valence-electron chi connectivity index (χ4n) is 2.59. The molecule has 0 aromatic carbocycles. The number of nitrogens with zero attached hydrogens (tertiary/aromatic N) is 1. The Morgan fingerprint density at radius 1 is 1.38 bits per heavy atom. The van der Waals surface area contributed by atoms with Gasteiger partial charge < -0.3 is 20.7 Å². The van der Waals surface area contributed by atoms with E-state index in [0.29, 0.717) is 44.7 Å². The summed E-state index contributed by atoms with van der Waals surface area (Å²) in [4.78, 5) is 26.3. The minimum Gasteiger partial charge on any atom is -0.377 e. The van der Waals surface area contributed by atoms with Crippen LogP contribution in [0.3, 0.4) is 0 Å². The zero-order valence-corrected chi connectivity index (χ0v) is 12.8. The van der Waals surface area contributed by atoms with Crippen LogP contribution in [0, 0.1) is 5.92 Å². The summed E-state index contributed by atoms with van der Waals surface area (Å²) in [5, 5.41) is 2.96. The first-order valence-electron chi connectivity index (χ1n) is 7.99. The zero-order valence-electron chi connectivity index (χ0n) is 12.8. The first-order valence-corrected chi connectivity index (χ1v) is 7.99. The Labute approximate surface area is 126 Å². The van der Waals surface area contributed by atoms with E-state index in [2.05, 4.69) is 12.2 Å². The number of carbonyl (C=O) groups is 2. The molecular formula is C15H27N3O3. The Morgan fingerprint density at radius 2 is 2.14 bits per heavy atom. The molecule has 2 rings (SSSR count). The predicted octanol–water partition coefficient (Wildman–Crippen LogP) is 0.258. The molecule has 0 radical (unpaired) electrons. The van der Waals surface area contributed by atoms with Crippen molar-refractivity contribution < 1.29 is 14.3 Å². The topological polar surface area (TPSA) is 84.7 Å². The second-order valence-corrected chi connectivity index (χ2v) is 6.18. The van der Waals surface area contributed by atoms with Gasteiger partial charge in [0.15, 0.2) is 0 Å². The van der Waals surface area contributed by atoms with Gasteiger partial charge in [0.05, 0.1) is 13.2 Å². The van der Waals surface area contributed by atoms with E-state index in [0.717, 1.165) is 25.7 Å². The van der Waals surface area contributed by atoms with Crippen molar-refractivity contribution in [3.63, 3.8) is 0 Å². The molecule has 1 saturated carbocycles. The molecule has 2 amide bonds. The summed E-state index contributed by atoms with van der Waals surface area (Å²) in [6, 6.07) is -0.155. The normalized spacial score (nSPS) is 23.7. The Bertz CT molecular complexity index is 371. The van der Waals surface area contributed by atoms with Gasteiger partial charge in [-0.3, -0.25) is 9.59 Å². The van der Waals surface area contributed by atoms with Crippen LogP contribution in [0.2, 0.25) is 0 Å². The zero-order chi connectivity index (χ0) is 15.2. The van der Waals surface area contributed by atoms with Crippen LogP contribution in [0.5, 0.6) is 0 Å². The maximum Gasteiger partial charge on any atom is 0.245 e. The SMILES string of the molecule is CC(CCN)CCC(=O)N1CCOCC1C(=O)NC1CC1. The maximum atomic E-state index is 12.4. The second-order valence-electron chi connectivity index (χ2n) is 6.18. The lowest BCUT2D eigenvalue weighted by atomic mass is 10.0. The third kappa shape index (κ3) is 4.97. The van der Waals surface area contributed by atoms with Crippen molar-refractivity contribution in [1.82, 2.24) is 10.2 Å². The van der Waals surface area contributed by atoms with E-state index >= 15 is 0 Å². The highest BCUT2D eigenvalue weighted by molar-refractivity contribution is 5.88. The van der Waals surface area contributed by atoms with Crippen molar-refractivity contribution in [1.29, 1.82) is 0 Å². The lowest BCUT2D eigenvalue weighted by Crippen LogP contribution is -2.56. The van der Waals surface area contributed by atoms with Crippen LogP contribution >= 0.6 is 0 Å². The summed E-state index contributed by atoms with van der Waals surface area (Å²) in [6.07, 6.45) is 4.33. The summed E-state index contributed by atoms with van der Waals surface area (Å²) in [6.45, 7) is 4.09. The van der Waals surface area contributed by atoms with Crippen LogP contribution in [-0.2, 0) is 14.3 Å². The summed E-state index contributed by atoms with van der Waals surface area (Å²) >= 11 is 0. The number of amides is 2. The third-order valence-corrected chi connectivity index (χ3v) is 4.19. The molecule has 0 aromatic rings. The van der Waals surface area contributed by atoms with Gasteiger partial charge in [0.2, 0.25) is 11.8 Å². The molecule has 0 bridgehead atoms. The second kappa shape index (κ2) is 7.75. The van der Waals surface area contributed by atoms with Gasteiger partial charge in [0, 0.05) is 19.0 Å². The summed E-state index contributed by atoms with van der Waals surface area (Å²) < 4.78 is 5.38. The van der Waals surface area contributed by atoms with E-state index in [1.807, 2.05) is 0 Å². The molecule has 1 heterocycles. The molecule has 6 nitrogen and oxygen atoms in total. The molecule has 2 aliphatic rings. The molecule has 21 heavy (non-hydrogen) atoms. The molecular weight excluding hydrogens is 270 g/mol. The van der Waals surface area contributed by atoms with Gasteiger partial charge >= 0.3 is 0 Å². The number of morpholine rings is 1. The number of carbonyl (C=O) groups excluding carboxylic acids is 2. The van der Waals surface area contributed by atoms with Gasteiger partial charge in [-0.05, 0) is 38.1 Å². The van der Waals surface area contributed by atoms with Crippen LogP contribution < -0.4 is 11.1 Å². The maximum absolute atomic E-state index is 12.4. The Kier molecular flexibility index (Phi) is 5.99. The standard InChI is InChI=1S/C15H27N3O3/c1-11(6-7-16)2-5-14(19)18-8-9-21-10-13(18)15(20)17-12-3-4-12/h11-13H,2-10,16H2,1H3,(H,17,20). The van der Waals surface area contributed by atoms with Gasteiger partial charge in [-0.2, -0.15) is 0 Å². The Hall–Kier alpha value is -1.14. The average molecular weight is 297 g/mol. The summed E-state index contributed by atoms with van der Waals surface area (Å²) in [7, 11) is 0. The molecule has 1 aliphatic carbocycles. The van der Waals surface area contributed by atoms with Crippen LogP contribution in [0.25, 0.3) is 0 Å². The van der Waals surface area contributed by atoms with Crippen molar-refractivity contribution in [3.8, 4) is 0 Å². The predicted molar refractivity (Wildman–Crippen MR) is 79.6 cm³/mol. The van der Waals surface area contributed by atoms with Crippen LogP contribution in [0.15, 0.2) is 0 Å². The van der Waals surface area contributed by atoms with E-state index in [1.54, 1.807) is 4.90 Å². The van der Waals surface area contributed by atoms with Crippen molar-refractivity contribution in [3.05, 3.63) is 0 Å². The van der Waals surface area contributed by atoms with E-state index < -0.39 is 6.04 Å². The highest BCUT2D eigenvalue weighted by Gasteiger charge is 2.35. The molecule has 1 saturated heterocycles. The molecule has 0 spiro atoms. The minimum atomic E-state index is -0.461. The molecule has 0 aromatic heterocycles. The molecule has 120 valence electrons.